The zero-order valence-corrected chi connectivity index (χ0v) is 13.6. The van der Waals surface area contributed by atoms with Gasteiger partial charge in [0.05, 0.1) is 18.5 Å². The van der Waals surface area contributed by atoms with E-state index in [4.69, 9.17) is 22.7 Å². The fourth-order valence-corrected chi connectivity index (χ4v) is 2.48. The van der Waals surface area contributed by atoms with Gasteiger partial charge >= 0.3 is 0 Å². The summed E-state index contributed by atoms with van der Waals surface area (Å²) in [5, 5.41) is 3.36. The Kier molecular flexibility index (Phi) is 4.62. The number of methoxy groups -OCH3 is 1. The van der Waals surface area contributed by atoms with Crippen LogP contribution in [-0.4, -0.2) is 12.1 Å². The summed E-state index contributed by atoms with van der Waals surface area (Å²) in [4.78, 5) is 0.366. The predicted octanol–water partition coefficient (Wildman–Crippen LogP) is 4.14. The van der Waals surface area contributed by atoms with Gasteiger partial charge in [-0.05, 0) is 36.8 Å². The van der Waals surface area contributed by atoms with Crippen LogP contribution in [0, 0.1) is 6.92 Å². The molecule has 0 aliphatic heterocycles. The van der Waals surface area contributed by atoms with Crippen LogP contribution in [0.4, 0.5) is 11.4 Å². The maximum Gasteiger partial charge on any atom is 0.142 e. The second-order valence-corrected chi connectivity index (χ2v) is 5.69. The first-order chi connectivity index (χ1) is 9.52. The van der Waals surface area contributed by atoms with Crippen LogP contribution in [0.1, 0.15) is 11.1 Å². The first-order valence-electron chi connectivity index (χ1n) is 6.03. The zero-order valence-electron chi connectivity index (χ0n) is 11.2. The lowest BCUT2D eigenvalue weighted by atomic mass is 10.1. The summed E-state index contributed by atoms with van der Waals surface area (Å²) in [6.45, 7) is 2.01. The number of anilines is 2. The number of ether oxygens (including phenoxy) is 1. The van der Waals surface area contributed by atoms with E-state index < -0.39 is 0 Å². The molecule has 2 aromatic rings. The Morgan fingerprint density at radius 3 is 2.70 bits per heavy atom. The molecule has 0 amide bonds. The van der Waals surface area contributed by atoms with Gasteiger partial charge in [-0.3, -0.25) is 0 Å². The molecule has 3 N–H and O–H groups in total. The first kappa shape index (κ1) is 14.8. The molecular weight excluding hydrogens is 336 g/mol. The third kappa shape index (κ3) is 3.11. The molecule has 0 aromatic heterocycles. The van der Waals surface area contributed by atoms with Crippen molar-refractivity contribution < 1.29 is 4.74 Å². The number of hydrogen-bond donors (Lipinski definition) is 2. The molecule has 0 atom stereocenters. The summed E-state index contributed by atoms with van der Waals surface area (Å²) in [5.74, 6) is 0.755. The van der Waals surface area contributed by atoms with E-state index in [0.717, 1.165) is 32.7 Å². The molecule has 2 rings (SSSR count). The molecule has 0 aliphatic rings. The fourth-order valence-electron chi connectivity index (χ4n) is 1.95. The van der Waals surface area contributed by atoms with Crippen LogP contribution >= 0.6 is 28.1 Å². The highest BCUT2D eigenvalue weighted by Gasteiger charge is 2.11. The van der Waals surface area contributed by atoms with E-state index in [2.05, 4.69) is 21.2 Å². The summed E-state index contributed by atoms with van der Waals surface area (Å²) >= 11 is 8.57. The summed E-state index contributed by atoms with van der Waals surface area (Å²) in [6, 6.07) is 11.6. The summed E-state index contributed by atoms with van der Waals surface area (Å²) in [7, 11) is 1.64. The first-order valence-corrected chi connectivity index (χ1v) is 7.23. The fraction of sp³-hybridized carbons (Fsp3) is 0.133. The Bertz CT molecular complexity index is 658. The largest absolute Gasteiger partial charge is 0.495 e. The van der Waals surface area contributed by atoms with Crippen molar-refractivity contribution in [3.8, 4) is 5.75 Å². The number of aryl methyl sites for hydroxylation is 1. The Hall–Kier alpha value is -1.59. The number of nitrogens with one attached hydrogen (secondary N) is 1. The average molecular weight is 351 g/mol. The van der Waals surface area contributed by atoms with Gasteiger partial charge in [0.15, 0.2) is 0 Å². The van der Waals surface area contributed by atoms with Crippen LogP contribution in [0.15, 0.2) is 40.9 Å². The molecule has 0 fully saturated rings. The van der Waals surface area contributed by atoms with E-state index in [1.807, 2.05) is 43.3 Å². The van der Waals surface area contributed by atoms with Crippen LogP contribution in [0.5, 0.6) is 5.75 Å². The van der Waals surface area contributed by atoms with Crippen LogP contribution in [0.3, 0.4) is 0 Å². The molecule has 0 radical (unpaired) electrons. The van der Waals surface area contributed by atoms with Crippen molar-refractivity contribution in [2.75, 3.05) is 12.4 Å². The Morgan fingerprint density at radius 2 is 2.05 bits per heavy atom. The second-order valence-electron chi connectivity index (χ2n) is 4.33. The normalized spacial score (nSPS) is 10.2. The van der Waals surface area contributed by atoms with Crippen LogP contribution < -0.4 is 15.8 Å². The van der Waals surface area contributed by atoms with Crippen molar-refractivity contribution >= 4 is 44.5 Å². The summed E-state index contributed by atoms with van der Waals surface area (Å²) in [5.41, 5.74) is 9.43. The third-order valence-electron chi connectivity index (χ3n) is 2.96. The lowest BCUT2D eigenvalue weighted by Crippen LogP contribution is -2.12. The number of rotatable bonds is 4. The molecule has 0 spiro atoms. The van der Waals surface area contributed by atoms with E-state index in [1.54, 1.807) is 7.11 Å². The van der Waals surface area contributed by atoms with Gasteiger partial charge in [0.25, 0.3) is 0 Å². The van der Waals surface area contributed by atoms with Gasteiger partial charge < -0.3 is 15.8 Å². The van der Waals surface area contributed by atoms with Gasteiger partial charge in [-0.15, -0.1) is 0 Å². The number of nitrogens with two attached hydrogens (primary N) is 1. The molecule has 20 heavy (non-hydrogen) atoms. The number of thiocarbonyl (C=S) groups is 1. The zero-order chi connectivity index (χ0) is 14.7. The number of para-hydroxylation sites is 1. The van der Waals surface area contributed by atoms with Crippen molar-refractivity contribution in [2.24, 2.45) is 5.73 Å². The Morgan fingerprint density at radius 1 is 1.30 bits per heavy atom. The topological polar surface area (TPSA) is 47.3 Å². The average Bonchev–Trinajstić information content (AvgIpc) is 2.41. The van der Waals surface area contributed by atoms with Crippen LogP contribution in [0.2, 0.25) is 0 Å². The highest BCUT2D eigenvalue weighted by molar-refractivity contribution is 9.10. The third-order valence-corrected chi connectivity index (χ3v) is 3.67. The van der Waals surface area contributed by atoms with Crippen molar-refractivity contribution in [3.63, 3.8) is 0 Å². The standard InChI is InChI=1S/C15H15BrN2OS/c1-9-4-3-5-11(15(17)20)14(9)18-12-8-10(16)6-7-13(12)19-2/h3-8,18H,1-2H3,(H2,17,20). The minimum Gasteiger partial charge on any atom is -0.495 e. The second kappa shape index (κ2) is 6.24. The summed E-state index contributed by atoms with van der Waals surface area (Å²) < 4.78 is 6.33. The Labute approximate surface area is 132 Å². The van der Waals surface area contributed by atoms with E-state index in [0.29, 0.717) is 4.99 Å². The predicted molar refractivity (Wildman–Crippen MR) is 91.0 cm³/mol. The smallest absolute Gasteiger partial charge is 0.142 e. The van der Waals surface area contributed by atoms with Crippen LogP contribution in [-0.2, 0) is 0 Å². The Balaban J connectivity index is 2.50. The maximum absolute atomic E-state index is 5.79. The van der Waals surface area contributed by atoms with Crippen molar-refractivity contribution in [2.45, 2.75) is 6.92 Å². The van der Waals surface area contributed by atoms with Crippen LogP contribution in [0.25, 0.3) is 0 Å². The number of hydrogen-bond acceptors (Lipinski definition) is 3. The molecule has 0 bridgehead atoms. The molecule has 0 aliphatic carbocycles. The quantitative estimate of drug-likeness (QED) is 0.813. The van der Waals surface area contributed by atoms with Gasteiger partial charge in [0.1, 0.15) is 10.7 Å². The molecular formula is C15H15BrN2OS. The minimum atomic E-state index is 0.366. The van der Waals surface area contributed by atoms with E-state index in [1.165, 1.54) is 0 Å². The minimum absolute atomic E-state index is 0.366. The number of benzene rings is 2. The lowest BCUT2D eigenvalue weighted by molar-refractivity contribution is 0.417. The molecule has 0 unspecified atom stereocenters. The summed E-state index contributed by atoms with van der Waals surface area (Å²) in [6.07, 6.45) is 0. The molecule has 0 saturated heterocycles. The van der Waals surface area contributed by atoms with Gasteiger partial charge in [-0.1, -0.05) is 40.3 Å². The van der Waals surface area contributed by atoms with E-state index in [9.17, 15) is 0 Å². The van der Waals surface area contributed by atoms with Crippen molar-refractivity contribution in [1.82, 2.24) is 0 Å². The highest BCUT2D eigenvalue weighted by atomic mass is 79.9. The molecule has 5 heteroatoms. The highest BCUT2D eigenvalue weighted by Crippen LogP contribution is 2.33. The molecule has 0 heterocycles. The van der Waals surface area contributed by atoms with Gasteiger partial charge in [0, 0.05) is 10.0 Å². The SMILES string of the molecule is COc1ccc(Br)cc1Nc1c(C)cccc1C(N)=S. The van der Waals surface area contributed by atoms with Gasteiger partial charge in [-0.2, -0.15) is 0 Å². The van der Waals surface area contributed by atoms with E-state index in [-0.39, 0.29) is 0 Å². The van der Waals surface area contributed by atoms with E-state index >= 15 is 0 Å². The van der Waals surface area contributed by atoms with Crippen molar-refractivity contribution in [1.29, 1.82) is 0 Å². The lowest BCUT2D eigenvalue weighted by Gasteiger charge is -2.16. The van der Waals surface area contributed by atoms with Gasteiger partial charge in [-0.25, -0.2) is 0 Å². The molecule has 104 valence electrons. The molecule has 3 nitrogen and oxygen atoms in total. The monoisotopic (exact) mass is 350 g/mol. The number of halogens is 1. The molecule has 2 aromatic carbocycles. The van der Waals surface area contributed by atoms with Gasteiger partial charge in [0.2, 0.25) is 0 Å². The van der Waals surface area contributed by atoms with Crippen molar-refractivity contribution in [3.05, 3.63) is 52.0 Å². The maximum atomic E-state index is 5.79. The molecule has 0 saturated carbocycles.